The van der Waals surface area contributed by atoms with Crippen molar-refractivity contribution in [1.82, 2.24) is 5.32 Å². The van der Waals surface area contributed by atoms with Crippen molar-refractivity contribution in [3.63, 3.8) is 0 Å². The van der Waals surface area contributed by atoms with Crippen LogP contribution in [0.25, 0.3) is 0 Å². The van der Waals surface area contributed by atoms with Crippen molar-refractivity contribution in [2.75, 3.05) is 13.2 Å². The summed E-state index contributed by atoms with van der Waals surface area (Å²) in [5.74, 6) is -0.537. The minimum atomic E-state index is -0.827. The summed E-state index contributed by atoms with van der Waals surface area (Å²) in [4.78, 5) is 21.8. The number of carboxylic acid groups (broad SMARTS) is 1. The van der Waals surface area contributed by atoms with Gasteiger partial charge in [0.25, 0.3) is 5.91 Å². The molecule has 2 N–H and O–H groups in total. The molecule has 0 aliphatic rings. The Morgan fingerprint density at radius 3 is 2.75 bits per heavy atom. The number of carbonyl (C=O) groups excluding carboxylic acids is 1. The lowest BCUT2D eigenvalue weighted by atomic mass is 10.2. The van der Waals surface area contributed by atoms with Gasteiger partial charge in [0.15, 0.2) is 6.61 Å². The van der Waals surface area contributed by atoms with Crippen molar-refractivity contribution in [3.8, 4) is 5.75 Å². The van der Waals surface area contributed by atoms with Crippen LogP contribution in [0.3, 0.4) is 0 Å². The first kappa shape index (κ1) is 16.8. The molecule has 0 radical (unpaired) electrons. The SMILES string of the molecule is O=C(O)CCCCNC(=O)COc1ccc(Cl)cc1Br. The maximum Gasteiger partial charge on any atom is 0.303 e. The van der Waals surface area contributed by atoms with Crippen LogP contribution in [0.1, 0.15) is 19.3 Å². The molecule has 0 heterocycles. The summed E-state index contributed by atoms with van der Waals surface area (Å²) in [6.45, 7) is 0.344. The summed E-state index contributed by atoms with van der Waals surface area (Å²) in [7, 11) is 0. The molecule has 0 unspecified atom stereocenters. The first-order chi connectivity index (χ1) is 9.49. The van der Waals surface area contributed by atoms with Crippen molar-refractivity contribution >= 4 is 39.4 Å². The van der Waals surface area contributed by atoms with E-state index >= 15 is 0 Å². The Balaban J connectivity index is 2.21. The zero-order valence-corrected chi connectivity index (χ0v) is 13.0. The fourth-order valence-corrected chi connectivity index (χ4v) is 2.21. The molecule has 1 rings (SSSR count). The lowest BCUT2D eigenvalue weighted by Gasteiger charge is -2.09. The second-order valence-corrected chi connectivity index (χ2v) is 5.35. The van der Waals surface area contributed by atoms with E-state index in [4.69, 9.17) is 21.4 Å². The summed E-state index contributed by atoms with van der Waals surface area (Å²) in [6, 6.07) is 5.03. The first-order valence-corrected chi connectivity index (χ1v) is 7.22. The molecule has 0 atom stereocenters. The zero-order chi connectivity index (χ0) is 15.0. The van der Waals surface area contributed by atoms with Gasteiger partial charge in [0.05, 0.1) is 4.47 Å². The molecule has 1 aromatic carbocycles. The van der Waals surface area contributed by atoms with Crippen molar-refractivity contribution in [2.24, 2.45) is 0 Å². The van der Waals surface area contributed by atoms with Gasteiger partial charge in [-0.25, -0.2) is 0 Å². The fraction of sp³-hybridized carbons (Fsp3) is 0.385. The van der Waals surface area contributed by atoms with Gasteiger partial charge in [-0.1, -0.05) is 11.6 Å². The molecule has 0 aliphatic carbocycles. The molecule has 0 aromatic heterocycles. The molecule has 0 spiro atoms. The van der Waals surface area contributed by atoms with E-state index in [1.54, 1.807) is 18.2 Å². The first-order valence-electron chi connectivity index (χ1n) is 6.05. The monoisotopic (exact) mass is 363 g/mol. The Morgan fingerprint density at radius 1 is 1.35 bits per heavy atom. The summed E-state index contributed by atoms with van der Waals surface area (Å²) in [5, 5.41) is 11.7. The smallest absolute Gasteiger partial charge is 0.303 e. The van der Waals surface area contributed by atoms with Gasteiger partial charge < -0.3 is 15.2 Å². The van der Waals surface area contributed by atoms with Gasteiger partial charge in [0.2, 0.25) is 0 Å². The molecule has 0 bridgehead atoms. The lowest BCUT2D eigenvalue weighted by molar-refractivity contribution is -0.137. The topological polar surface area (TPSA) is 75.6 Å². The zero-order valence-electron chi connectivity index (χ0n) is 10.7. The third kappa shape index (κ3) is 6.77. The summed E-state index contributed by atoms with van der Waals surface area (Å²) in [6.07, 6.45) is 1.28. The molecule has 0 saturated carbocycles. The quantitative estimate of drug-likeness (QED) is 0.696. The highest BCUT2D eigenvalue weighted by Crippen LogP contribution is 2.27. The lowest BCUT2D eigenvalue weighted by Crippen LogP contribution is -2.29. The summed E-state index contributed by atoms with van der Waals surface area (Å²) < 4.78 is 6.02. The van der Waals surface area contributed by atoms with Crippen LogP contribution in [-0.4, -0.2) is 30.1 Å². The molecular weight excluding hydrogens is 350 g/mol. The number of carbonyl (C=O) groups is 2. The van der Waals surface area contributed by atoms with Crippen LogP contribution in [-0.2, 0) is 9.59 Å². The van der Waals surface area contributed by atoms with Crippen LogP contribution in [0, 0.1) is 0 Å². The van der Waals surface area contributed by atoms with Gasteiger partial charge in [-0.3, -0.25) is 9.59 Å². The standard InChI is InChI=1S/C13H15BrClNO4/c14-10-7-9(15)4-5-11(10)20-8-12(17)16-6-2-1-3-13(18)19/h4-5,7H,1-3,6,8H2,(H,16,17)(H,18,19). The number of aliphatic carboxylic acids is 1. The number of benzene rings is 1. The van der Waals surface area contributed by atoms with Crippen molar-refractivity contribution in [1.29, 1.82) is 0 Å². The van der Waals surface area contributed by atoms with E-state index in [9.17, 15) is 9.59 Å². The molecule has 0 aliphatic heterocycles. The summed E-state index contributed by atoms with van der Waals surface area (Å²) in [5.41, 5.74) is 0. The van der Waals surface area contributed by atoms with Gasteiger partial charge in [-0.2, -0.15) is 0 Å². The van der Waals surface area contributed by atoms with Gasteiger partial charge in [0.1, 0.15) is 5.75 Å². The van der Waals surface area contributed by atoms with Crippen molar-refractivity contribution in [3.05, 3.63) is 27.7 Å². The van der Waals surface area contributed by atoms with E-state index < -0.39 is 5.97 Å². The van der Waals surface area contributed by atoms with Crippen LogP contribution in [0.2, 0.25) is 5.02 Å². The number of carboxylic acids is 1. The third-order valence-corrected chi connectivity index (χ3v) is 3.25. The van der Waals surface area contributed by atoms with E-state index in [1.807, 2.05) is 0 Å². The van der Waals surface area contributed by atoms with Crippen LogP contribution in [0.4, 0.5) is 0 Å². The number of hydrogen-bond donors (Lipinski definition) is 2. The van der Waals surface area contributed by atoms with Crippen LogP contribution in [0.5, 0.6) is 5.75 Å². The Kier molecular flexibility index (Phi) is 7.40. The molecule has 20 heavy (non-hydrogen) atoms. The number of halogens is 2. The number of hydrogen-bond acceptors (Lipinski definition) is 3. The van der Waals surface area contributed by atoms with Gasteiger partial charge in [0, 0.05) is 18.0 Å². The van der Waals surface area contributed by atoms with Gasteiger partial charge in [-0.15, -0.1) is 0 Å². The Labute approximate surface area is 130 Å². The van der Waals surface area contributed by atoms with Gasteiger partial charge >= 0.3 is 5.97 Å². The molecular formula is C13H15BrClNO4. The minimum absolute atomic E-state index is 0.0981. The predicted molar refractivity (Wildman–Crippen MR) is 79.1 cm³/mol. The molecule has 110 valence electrons. The minimum Gasteiger partial charge on any atom is -0.483 e. The maximum absolute atomic E-state index is 11.5. The average molecular weight is 365 g/mol. The van der Waals surface area contributed by atoms with E-state index in [-0.39, 0.29) is 18.9 Å². The normalized spacial score (nSPS) is 10.1. The van der Waals surface area contributed by atoms with E-state index in [0.29, 0.717) is 34.6 Å². The molecule has 5 nitrogen and oxygen atoms in total. The highest BCUT2D eigenvalue weighted by atomic mass is 79.9. The van der Waals surface area contributed by atoms with Crippen LogP contribution < -0.4 is 10.1 Å². The van der Waals surface area contributed by atoms with Crippen molar-refractivity contribution in [2.45, 2.75) is 19.3 Å². The fourth-order valence-electron chi connectivity index (χ4n) is 1.42. The largest absolute Gasteiger partial charge is 0.483 e. The molecule has 7 heteroatoms. The second-order valence-electron chi connectivity index (χ2n) is 4.06. The van der Waals surface area contributed by atoms with E-state index in [0.717, 1.165) is 0 Å². The number of ether oxygens (including phenoxy) is 1. The molecule has 0 saturated heterocycles. The highest BCUT2D eigenvalue weighted by Gasteiger charge is 2.06. The molecule has 1 aromatic rings. The Morgan fingerprint density at radius 2 is 2.10 bits per heavy atom. The maximum atomic E-state index is 11.5. The molecule has 1 amide bonds. The van der Waals surface area contributed by atoms with E-state index in [1.165, 1.54) is 0 Å². The van der Waals surface area contributed by atoms with E-state index in [2.05, 4.69) is 21.2 Å². The second kappa shape index (κ2) is 8.81. The highest BCUT2D eigenvalue weighted by molar-refractivity contribution is 9.10. The van der Waals surface area contributed by atoms with Crippen LogP contribution in [0.15, 0.2) is 22.7 Å². The summed E-state index contributed by atoms with van der Waals surface area (Å²) >= 11 is 9.08. The van der Waals surface area contributed by atoms with Crippen LogP contribution >= 0.6 is 27.5 Å². The Bertz CT molecular complexity index is 481. The average Bonchev–Trinajstić information content (AvgIpc) is 2.37. The predicted octanol–water partition coefficient (Wildman–Crippen LogP) is 2.85. The number of rotatable bonds is 8. The Hall–Kier alpha value is -1.27. The number of unbranched alkanes of at least 4 members (excludes halogenated alkanes) is 1. The number of nitrogens with one attached hydrogen (secondary N) is 1. The molecule has 0 fully saturated rings. The third-order valence-electron chi connectivity index (χ3n) is 2.39. The number of amides is 1. The van der Waals surface area contributed by atoms with Gasteiger partial charge in [-0.05, 0) is 47.0 Å². The van der Waals surface area contributed by atoms with Crippen molar-refractivity contribution < 1.29 is 19.4 Å².